The van der Waals surface area contributed by atoms with Crippen LogP contribution in [0, 0.1) is 0 Å². The molecule has 2 aromatic rings. The van der Waals surface area contributed by atoms with E-state index in [1.165, 1.54) is 11.6 Å². The molecule has 25 heavy (non-hydrogen) atoms. The van der Waals surface area contributed by atoms with Crippen LogP contribution in [-0.2, 0) is 11.2 Å². The summed E-state index contributed by atoms with van der Waals surface area (Å²) in [6.07, 6.45) is 4.57. The number of amidine groups is 1. The number of aliphatic imine (C=N–C) groups is 1. The number of aromatic nitrogens is 3. The first-order valence-electron chi connectivity index (χ1n) is 8.09. The highest BCUT2D eigenvalue weighted by molar-refractivity contribution is 6.31. The topological polar surface area (TPSA) is 72.2 Å². The maximum Gasteiger partial charge on any atom is 0.145 e. The van der Waals surface area contributed by atoms with Gasteiger partial charge in [0.15, 0.2) is 0 Å². The Hall–Kier alpha value is -2.47. The minimum atomic E-state index is -0.140. The predicted octanol–water partition coefficient (Wildman–Crippen LogP) is 3.28. The molecule has 1 aromatic heterocycles. The molecule has 0 spiro atoms. The van der Waals surface area contributed by atoms with E-state index in [4.69, 9.17) is 11.6 Å². The van der Waals surface area contributed by atoms with E-state index in [1.807, 2.05) is 19.1 Å². The van der Waals surface area contributed by atoms with Gasteiger partial charge >= 0.3 is 0 Å². The van der Waals surface area contributed by atoms with E-state index in [0.29, 0.717) is 28.5 Å². The molecule has 0 fully saturated rings. The third-order valence-electron chi connectivity index (χ3n) is 3.92. The van der Waals surface area contributed by atoms with Gasteiger partial charge in [-0.05, 0) is 37.5 Å². The van der Waals surface area contributed by atoms with E-state index in [9.17, 15) is 4.79 Å². The zero-order chi connectivity index (χ0) is 18.4. The number of carbonyl (C=O) groups excluding carboxylic acids is 1. The molecule has 1 heterocycles. The Morgan fingerprint density at radius 3 is 2.84 bits per heavy atom. The molecule has 0 saturated carbocycles. The minimum absolute atomic E-state index is 0.140. The summed E-state index contributed by atoms with van der Waals surface area (Å²) in [5.74, 6) is 0.675. The highest BCUT2D eigenvalue weighted by atomic mass is 35.5. The molecule has 132 valence electrons. The largest absolute Gasteiger partial charge is 0.377 e. The van der Waals surface area contributed by atoms with E-state index in [1.54, 1.807) is 25.0 Å². The van der Waals surface area contributed by atoms with Gasteiger partial charge in [0.2, 0.25) is 0 Å². The standard InChI is InChI=1S/C18H22ClN5O/c1-5-14-6-7-15(16(19)10-14)12(2)24-21-11-18(23-24)17(8-9-25)22-13(3)20-4/h6-12H,5H2,1-4H3,(H,20,22)/b17-8-. The van der Waals surface area contributed by atoms with Crippen LogP contribution in [0.4, 0.5) is 0 Å². The zero-order valence-corrected chi connectivity index (χ0v) is 15.6. The van der Waals surface area contributed by atoms with Gasteiger partial charge in [-0.15, -0.1) is 0 Å². The third kappa shape index (κ3) is 4.54. The highest BCUT2D eigenvalue weighted by Gasteiger charge is 2.16. The first-order valence-corrected chi connectivity index (χ1v) is 8.47. The van der Waals surface area contributed by atoms with E-state index < -0.39 is 0 Å². The Kier molecular flexibility index (Phi) is 6.47. The van der Waals surface area contributed by atoms with E-state index in [2.05, 4.69) is 33.5 Å². The van der Waals surface area contributed by atoms with Crippen molar-refractivity contribution in [3.05, 3.63) is 52.3 Å². The zero-order valence-electron chi connectivity index (χ0n) is 14.8. The second-order valence-electron chi connectivity index (χ2n) is 5.57. The lowest BCUT2D eigenvalue weighted by Gasteiger charge is -2.13. The Morgan fingerprint density at radius 2 is 2.24 bits per heavy atom. The average molecular weight is 360 g/mol. The van der Waals surface area contributed by atoms with Crippen LogP contribution in [0.1, 0.15) is 43.6 Å². The summed E-state index contributed by atoms with van der Waals surface area (Å²) in [7, 11) is 1.76. The molecule has 0 aliphatic heterocycles. The fourth-order valence-corrected chi connectivity index (χ4v) is 2.68. The lowest BCUT2D eigenvalue weighted by atomic mass is 10.1. The molecule has 0 aliphatic carbocycles. The van der Waals surface area contributed by atoms with Crippen LogP contribution in [0.15, 0.2) is 35.5 Å². The Labute approximate surface area is 152 Å². The molecule has 1 aromatic carbocycles. The fourth-order valence-electron chi connectivity index (χ4n) is 2.31. The molecule has 1 atom stereocenters. The van der Waals surface area contributed by atoms with Crippen LogP contribution < -0.4 is 5.32 Å². The summed E-state index contributed by atoms with van der Waals surface area (Å²) in [5, 5.41) is 12.4. The summed E-state index contributed by atoms with van der Waals surface area (Å²) in [4.78, 5) is 16.8. The molecule has 0 saturated heterocycles. The van der Waals surface area contributed by atoms with Crippen LogP contribution in [-0.4, -0.2) is 34.2 Å². The minimum Gasteiger partial charge on any atom is -0.377 e. The first kappa shape index (κ1) is 18.9. The SMILES string of the molecule is CCc1ccc(C(C)n2ncc(C(=C/C=O)/N=C(/C)NC)n2)c(Cl)c1. The number of rotatable bonds is 6. The van der Waals surface area contributed by atoms with Gasteiger partial charge in [0.25, 0.3) is 0 Å². The van der Waals surface area contributed by atoms with Gasteiger partial charge in [-0.2, -0.15) is 15.0 Å². The number of nitrogens with one attached hydrogen (secondary N) is 1. The maximum absolute atomic E-state index is 10.9. The molecule has 6 nitrogen and oxygen atoms in total. The van der Waals surface area contributed by atoms with Gasteiger partial charge in [0, 0.05) is 18.1 Å². The van der Waals surface area contributed by atoms with E-state index in [-0.39, 0.29) is 6.04 Å². The molecule has 0 aliphatic rings. The number of allylic oxidation sites excluding steroid dienone is 1. The number of aryl methyl sites for hydroxylation is 1. The second-order valence-corrected chi connectivity index (χ2v) is 5.98. The predicted molar refractivity (Wildman–Crippen MR) is 101 cm³/mol. The van der Waals surface area contributed by atoms with Crippen LogP contribution in [0.5, 0.6) is 0 Å². The van der Waals surface area contributed by atoms with Gasteiger partial charge in [-0.1, -0.05) is 30.7 Å². The summed E-state index contributed by atoms with van der Waals surface area (Å²) >= 11 is 6.40. The van der Waals surface area contributed by atoms with E-state index >= 15 is 0 Å². The van der Waals surface area contributed by atoms with Crippen LogP contribution >= 0.6 is 11.6 Å². The number of aldehydes is 1. The number of benzene rings is 1. The van der Waals surface area contributed by atoms with Gasteiger partial charge in [0.05, 0.1) is 23.8 Å². The van der Waals surface area contributed by atoms with Gasteiger partial charge < -0.3 is 5.32 Å². The second kappa shape index (κ2) is 8.58. The van der Waals surface area contributed by atoms with Gasteiger partial charge in [0.1, 0.15) is 12.0 Å². The van der Waals surface area contributed by atoms with Crippen molar-refractivity contribution in [3.8, 4) is 0 Å². The third-order valence-corrected chi connectivity index (χ3v) is 4.24. The van der Waals surface area contributed by atoms with Crippen molar-refractivity contribution in [2.24, 2.45) is 4.99 Å². The molecule has 0 amide bonds. The normalized spacial score (nSPS) is 13.6. The molecular formula is C18H22ClN5O. The first-order chi connectivity index (χ1) is 12.0. The van der Waals surface area contributed by atoms with Crippen molar-refractivity contribution in [1.29, 1.82) is 0 Å². The van der Waals surface area contributed by atoms with Gasteiger partial charge in [-0.25, -0.2) is 4.99 Å². The molecule has 2 rings (SSSR count). The number of nitrogens with zero attached hydrogens (tertiary/aromatic N) is 4. The van der Waals surface area contributed by atoms with Crippen molar-refractivity contribution >= 4 is 29.4 Å². The summed E-state index contributed by atoms with van der Waals surface area (Å²) in [6, 6.07) is 5.88. The quantitative estimate of drug-likeness (QED) is 0.372. The molecule has 0 radical (unpaired) electrons. The van der Waals surface area contributed by atoms with Crippen molar-refractivity contribution < 1.29 is 4.79 Å². The average Bonchev–Trinajstić information content (AvgIpc) is 3.10. The van der Waals surface area contributed by atoms with Crippen molar-refractivity contribution in [2.75, 3.05) is 7.05 Å². The lowest BCUT2D eigenvalue weighted by Crippen LogP contribution is -2.14. The Morgan fingerprint density at radius 1 is 1.48 bits per heavy atom. The molecular weight excluding hydrogens is 338 g/mol. The van der Waals surface area contributed by atoms with Crippen LogP contribution in [0.25, 0.3) is 5.70 Å². The number of hydrogen-bond acceptors (Lipinski definition) is 4. The Balaban J connectivity index is 2.33. The van der Waals surface area contributed by atoms with Gasteiger partial charge in [-0.3, -0.25) is 4.79 Å². The monoisotopic (exact) mass is 359 g/mol. The fraction of sp³-hybridized carbons (Fsp3) is 0.333. The highest BCUT2D eigenvalue weighted by Crippen LogP contribution is 2.26. The molecule has 0 bridgehead atoms. The maximum atomic E-state index is 10.9. The van der Waals surface area contributed by atoms with Crippen molar-refractivity contribution in [2.45, 2.75) is 33.2 Å². The lowest BCUT2D eigenvalue weighted by molar-refractivity contribution is -0.104. The number of hydrogen-bond donors (Lipinski definition) is 1. The van der Waals surface area contributed by atoms with Crippen molar-refractivity contribution in [3.63, 3.8) is 0 Å². The van der Waals surface area contributed by atoms with Crippen molar-refractivity contribution in [1.82, 2.24) is 20.3 Å². The molecule has 1 unspecified atom stereocenters. The van der Waals surface area contributed by atoms with E-state index in [0.717, 1.165) is 12.0 Å². The molecule has 7 heteroatoms. The smallest absolute Gasteiger partial charge is 0.145 e. The summed E-state index contributed by atoms with van der Waals surface area (Å²) in [5.41, 5.74) is 3.10. The number of halogens is 1. The summed E-state index contributed by atoms with van der Waals surface area (Å²) in [6.45, 7) is 5.87. The summed E-state index contributed by atoms with van der Waals surface area (Å²) < 4.78 is 0. The van der Waals surface area contributed by atoms with Crippen LogP contribution in [0.2, 0.25) is 5.02 Å². The molecule has 1 N–H and O–H groups in total. The Bertz CT molecular complexity index is 810. The van der Waals surface area contributed by atoms with Crippen LogP contribution in [0.3, 0.4) is 0 Å². The number of carbonyl (C=O) groups is 1.